The van der Waals surface area contributed by atoms with Crippen molar-refractivity contribution in [2.24, 2.45) is 0 Å². The van der Waals surface area contributed by atoms with Crippen LogP contribution in [0, 0.1) is 0 Å². The molecule has 1 atom stereocenters. The van der Waals surface area contributed by atoms with E-state index in [0.29, 0.717) is 19.1 Å². The predicted octanol–water partition coefficient (Wildman–Crippen LogP) is 3.09. The SMILES string of the molecule is COC[C@H](C)Nc1ncc2c(-c3ccc4c(c3)C(C)(C)CNC4=O)c[nH]c2n1. The van der Waals surface area contributed by atoms with Crippen LogP contribution in [0.1, 0.15) is 36.7 Å². The molecular formula is C21H25N5O2. The fourth-order valence-corrected chi connectivity index (χ4v) is 3.69. The van der Waals surface area contributed by atoms with E-state index in [1.54, 1.807) is 7.11 Å². The lowest BCUT2D eigenvalue weighted by molar-refractivity contribution is 0.0930. The highest BCUT2D eigenvalue weighted by Crippen LogP contribution is 2.35. The number of amides is 1. The smallest absolute Gasteiger partial charge is 0.251 e. The molecule has 0 spiro atoms. The Bertz CT molecular complexity index is 1040. The van der Waals surface area contributed by atoms with Crippen molar-refractivity contribution in [1.29, 1.82) is 0 Å². The van der Waals surface area contributed by atoms with Gasteiger partial charge in [0, 0.05) is 54.0 Å². The van der Waals surface area contributed by atoms with E-state index in [9.17, 15) is 4.79 Å². The molecule has 0 bridgehead atoms. The van der Waals surface area contributed by atoms with Crippen LogP contribution in [-0.2, 0) is 10.2 Å². The molecule has 1 aliphatic heterocycles. The molecular weight excluding hydrogens is 354 g/mol. The van der Waals surface area contributed by atoms with Gasteiger partial charge in [0.25, 0.3) is 5.91 Å². The number of ether oxygens (including phenoxy) is 1. The Morgan fingerprint density at radius 1 is 1.32 bits per heavy atom. The summed E-state index contributed by atoms with van der Waals surface area (Å²) in [6.45, 7) is 7.52. The Morgan fingerprint density at radius 2 is 2.14 bits per heavy atom. The minimum Gasteiger partial charge on any atom is -0.383 e. The van der Waals surface area contributed by atoms with Gasteiger partial charge in [0.15, 0.2) is 0 Å². The molecule has 0 unspecified atom stereocenters. The second-order valence-corrected chi connectivity index (χ2v) is 7.99. The van der Waals surface area contributed by atoms with Gasteiger partial charge in [-0.2, -0.15) is 4.98 Å². The number of aromatic nitrogens is 3. The number of anilines is 1. The summed E-state index contributed by atoms with van der Waals surface area (Å²) in [7, 11) is 1.67. The lowest BCUT2D eigenvalue weighted by atomic mass is 9.78. The van der Waals surface area contributed by atoms with Crippen molar-refractivity contribution < 1.29 is 9.53 Å². The zero-order valence-corrected chi connectivity index (χ0v) is 16.6. The number of carbonyl (C=O) groups is 1. The maximum Gasteiger partial charge on any atom is 0.251 e. The Kier molecular flexibility index (Phi) is 4.55. The van der Waals surface area contributed by atoms with Crippen molar-refractivity contribution >= 4 is 22.9 Å². The van der Waals surface area contributed by atoms with Crippen LogP contribution < -0.4 is 10.6 Å². The second-order valence-electron chi connectivity index (χ2n) is 7.99. The van der Waals surface area contributed by atoms with E-state index in [0.717, 1.165) is 33.3 Å². The van der Waals surface area contributed by atoms with Gasteiger partial charge in [-0.15, -0.1) is 0 Å². The monoisotopic (exact) mass is 379 g/mol. The average molecular weight is 379 g/mol. The number of nitrogens with zero attached hydrogens (tertiary/aromatic N) is 2. The number of aromatic amines is 1. The quantitative estimate of drug-likeness (QED) is 0.634. The molecule has 0 fully saturated rings. The van der Waals surface area contributed by atoms with Crippen LogP contribution >= 0.6 is 0 Å². The molecule has 4 rings (SSSR count). The summed E-state index contributed by atoms with van der Waals surface area (Å²) in [5, 5.41) is 7.14. The molecule has 3 aromatic rings. The van der Waals surface area contributed by atoms with E-state index in [4.69, 9.17) is 4.74 Å². The number of methoxy groups -OCH3 is 1. The molecule has 7 nitrogen and oxygen atoms in total. The molecule has 0 aliphatic carbocycles. The highest BCUT2D eigenvalue weighted by molar-refractivity contribution is 5.99. The number of hydrogen-bond acceptors (Lipinski definition) is 5. The first-order valence-electron chi connectivity index (χ1n) is 9.42. The molecule has 1 aromatic carbocycles. The first-order chi connectivity index (χ1) is 13.4. The highest BCUT2D eigenvalue weighted by Gasteiger charge is 2.31. The fraction of sp³-hybridized carbons (Fsp3) is 0.381. The molecule has 3 N–H and O–H groups in total. The second kappa shape index (κ2) is 6.91. The first-order valence-corrected chi connectivity index (χ1v) is 9.42. The zero-order chi connectivity index (χ0) is 19.9. The standard InChI is InChI=1S/C21H25N5O2/c1-12(10-28-4)25-20-23-9-16-15(8-22-18(16)26-20)13-5-6-14-17(7-13)21(2,3)11-24-19(14)27/h5-9,12H,10-11H2,1-4H3,(H,24,27)(H2,22,23,25,26)/t12-/m0/s1. The summed E-state index contributed by atoms with van der Waals surface area (Å²) in [5.74, 6) is 0.553. The van der Waals surface area contributed by atoms with Crippen LogP contribution in [0.5, 0.6) is 0 Å². The van der Waals surface area contributed by atoms with Gasteiger partial charge in [0.05, 0.1) is 6.61 Å². The molecule has 3 heterocycles. The van der Waals surface area contributed by atoms with Crippen molar-refractivity contribution in [3.63, 3.8) is 0 Å². The molecule has 7 heteroatoms. The van der Waals surface area contributed by atoms with Crippen molar-refractivity contribution in [1.82, 2.24) is 20.3 Å². The van der Waals surface area contributed by atoms with Gasteiger partial charge >= 0.3 is 0 Å². The van der Waals surface area contributed by atoms with Crippen LogP contribution in [0.4, 0.5) is 5.95 Å². The average Bonchev–Trinajstić information content (AvgIpc) is 3.08. The minimum absolute atomic E-state index is 0.0102. The fourth-order valence-electron chi connectivity index (χ4n) is 3.69. The van der Waals surface area contributed by atoms with Crippen LogP contribution in [0.15, 0.2) is 30.6 Å². The normalized spacial score (nSPS) is 16.5. The Hall–Kier alpha value is -2.93. The Balaban J connectivity index is 1.71. The molecule has 1 amide bonds. The first kappa shape index (κ1) is 18.4. The topological polar surface area (TPSA) is 91.9 Å². The summed E-state index contributed by atoms with van der Waals surface area (Å²) >= 11 is 0. The summed E-state index contributed by atoms with van der Waals surface area (Å²) in [5.41, 5.74) is 4.54. The van der Waals surface area contributed by atoms with Gasteiger partial charge in [-0.3, -0.25) is 4.79 Å². The lowest BCUT2D eigenvalue weighted by Gasteiger charge is -2.32. The molecule has 1 aliphatic rings. The van der Waals surface area contributed by atoms with Crippen molar-refractivity contribution in [3.8, 4) is 11.1 Å². The third-order valence-electron chi connectivity index (χ3n) is 5.22. The summed E-state index contributed by atoms with van der Waals surface area (Å²) in [6, 6.07) is 6.12. The van der Waals surface area contributed by atoms with E-state index in [1.165, 1.54) is 0 Å². The largest absolute Gasteiger partial charge is 0.383 e. The van der Waals surface area contributed by atoms with E-state index >= 15 is 0 Å². The van der Waals surface area contributed by atoms with E-state index in [2.05, 4.69) is 45.5 Å². The number of benzene rings is 1. The Labute approximate surface area is 163 Å². The third-order valence-corrected chi connectivity index (χ3v) is 5.22. The molecule has 2 aromatic heterocycles. The molecule has 28 heavy (non-hydrogen) atoms. The van der Waals surface area contributed by atoms with Gasteiger partial charge in [0.1, 0.15) is 5.65 Å². The number of fused-ring (bicyclic) bond motifs is 2. The van der Waals surface area contributed by atoms with Crippen LogP contribution in [0.2, 0.25) is 0 Å². The molecule has 0 radical (unpaired) electrons. The number of hydrogen-bond donors (Lipinski definition) is 3. The van der Waals surface area contributed by atoms with Crippen molar-refractivity contribution in [3.05, 3.63) is 41.7 Å². The van der Waals surface area contributed by atoms with Gasteiger partial charge < -0.3 is 20.4 Å². The number of H-pyrrole nitrogens is 1. The summed E-state index contributed by atoms with van der Waals surface area (Å²) in [4.78, 5) is 24.5. The maximum absolute atomic E-state index is 12.2. The van der Waals surface area contributed by atoms with Crippen LogP contribution in [-0.4, -0.2) is 47.2 Å². The summed E-state index contributed by atoms with van der Waals surface area (Å²) in [6.07, 6.45) is 3.77. The van der Waals surface area contributed by atoms with Gasteiger partial charge in [0.2, 0.25) is 5.95 Å². The van der Waals surface area contributed by atoms with Gasteiger partial charge in [-0.25, -0.2) is 4.98 Å². The van der Waals surface area contributed by atoms with E-state index in [1.807, 2.05) is 31.5 Å². The molecule has 0 saturated carbocycles. The molecule has 0 saturated heterocycles. The van der Waals surface area contributed by atoms with Crippen LogP contribution in [0.25, 0.3) is 22.2 Å². The zero-order valence-electron chi connectivity index (χ0n) is 16.6. The van der Waals surface area contributed by atoms with Crippen molar-refractivity contribution in [2.75, 3.05) is 25.6 Å². The predicted molar refractivity (Wildman–Crippen MR) is 110 cm³/mol. The summed E-state index contributed by atoms with van der Waals surface area (Å²) < 4.78 is 5.14. The third kappa shape index (κ3) is 3.22. The Morgan fingerprint density at radius 3 is 2.93 bits per heavy atom. The lowest BCUT2D eigenvalue weighted by Crippen LogP contribution is -2.43. The molecule has 146 valence electrons. The minimum atomic E-state index is -0.115. The van der Waals surface area contributed by atoms with Gasteiger partial charge in [-0.1, -0.05) is 19.9 Å². The van der Waals surface area contributed by atoms with Crippen molar-refractivity contribution in [2.45, 2.75) is 32.2 Å². The highest BCUT2D eigenvalue weighted by atomic mass is 16.5. The van der Waals surface area contributed by atoms with Crippen LogP contribution in [0.3, 0.4) is 0 Å². The number of carbonyl (C=O) groups excluding carboxylic acids is 1. The van der Waals surface area contributed by atoms with E-state index < -0.39 is 0 Å². The van der Waals surface area contributed by atoms with E-state index in [-0.39, 0.29) is 17.4 Å². The van der Waals surface area contributed by atoms with Gasteiger partial charge in [-0.05, 0) is 30.2 Å². The number of nitrogens with one attached hydrogen (secondary N) is 3. The number of rotatable bonds is 5. The maximum atomic E-state index is 12.2.